The van der Waals surface area contributed by atoms with Gasteiger partial charge in [-0.15, -0.1) is 0 Å². The summed E-state index contributed by atoms with van der Waals surface area (Å²) in [6.45, 7) is 5.39. The van der Waals surface area contributed by atoms with Crippen LogP contribution in [0.4, 0.5) is 15.8 Å². The average Bonchev–Trinajstić information content (AvgIpc) is 2.72. The largest absolute Gasteiger partial charge is 0.490 e. The van der Waals surface area contributed by atoms with Gasteiger partial charge in [0.15, 0.2) is 0 Å². The standard InChI is InChI=1S/C23H21BrClFN2O4S/c1-13(2)32-21-9-7-17(12-18(21)24)27-23(29)15-5-4-14(3)22(10-15)33(30,31)28-20-11-16(25)6-8-19(20)26/h4-13,28H,1-3H3,(H,27,29). The predicted molar refractivity (Wildman–Crippen MR) is 131 cm³/mol. The Balaban J connectivity index is 1.85. The van der Waals surface area contributed by atoms with Crippen molar-refractivity contribution in [3.63, 3.8) is 0 Å². The first-order chi connectivity index (χ1) is 15.5. The molecule has 0 saturated heterocycles. The molecule has 10 heteroatoms. The molecule has 0 atom stereocenters. The van der Waals surface area contributed by atoms with Gasteiger partial charge < -0.3 is 10.1 Å². The maximum Gasteiger partial charge on any atom is 0.262 e. The van der Waals surface area contributed by atoms with Crippen molar-refractivity contribution < 1.29 is 22.3 Å². The van der Waals surface area contributed by atoms with Crippen LogP contribution in [-0.4, -0.2) is 20.4 Å². The number of anilines is 2. The molecule has 0 unspecified atom stereocenters. The number of benzene rings is 3. The number of halogens is 3. The second kappa shape index (κ2) is 10.1. The molecular formula is C23H21BrClFN2O4S. The fourth-order valence-electron chi connectivity index (χ4n) is 2.94. The van der Waals surface area contributed by atoms with E-state index in [2.05, 4.69) is 26.0 Å². The molecule has 0 aliphatic rings. The minimum Gasteiger partial charge on any atom is -0.490 e. The van der Waals surface area contributed by atoms with Gasteiger partial charge in [0, 0.05) is 16.3 Å². The summed E-state index contributed by atoms with van der Waals surface area (Å²) >= 11 is 9.25. The fourth-order valence-corrected chi connectivity index (χ4v) is 4.91. The molecule has 0 spiro atoms. The maximum atomic E-state index is 14.0. The highest BCUT2D eigenvalue weighted by Gasteiger charge is 2.21. The predicted octanol–water partition coefficient (Wildman–Crippen LogP) is 6.39. The minimum atomic E-state index is -4.19. The van der Waals surface area contributed by atoms with Crippen molar-refractivity contribution in [3.8, 4) is 5.75 Å². The van der Waals surface area contributed by atoms with Crippen molar-refractivity contribution in [3.05, 3.63) is 81.0 Å². The van der Waals surface area contributed by atoms with Crippen LogP contribution in [-0.2, 0) is 10.0 Å². The Hall–Kier alpha value is -2.62. The van der Waals surface area contributed by atoms with Crippen LogP contribution in [0.15, 0.2) is 64.0 Å². The summed E-state index contributed by atoms with van der Waals surface area (Å²) in [5, 5.41) is 2.90. The lowest BCUT2D eigenvalue weighted by Crippen LogP contribution is -2.17. The van der Waals surface area contributed by atoms with Crippen LogP contribution in [0.25, 0.3) is 0 Å². The lowest BCUT2D eigenvalue weighted by Gasteiger charge is -2.14. The molecule has 3 aromatic rings. The normalized spacial score (nSPS) is 11.4. The molecule has 0 heterocycles. The number of nitrogens with one attached hydrogen (secondary N) is 2. The molecule has 0 bridgehead atoms. The van der Waals surface area contributed by atoms with E-state index in [9.17, 15) is 17.6 Å². The van der Waals surface area contributed by atoms with E-state index in [0.717, 1.165) is 6.07 Å². The number of hydrogen-bond acceptors (Lipinski definition) is 4. The number of carbonyl (C=O) groups excluding carboxylic acids is 1. The van der Waals surface area contributed by atoms with Crippen LogP contribution < -0.4 is 14.8 Å². The Labute approximate surface area is 205 Å². The summed E-state index contributed by atoms with van der Waals surface area (Å²) in [6, 6.07) is 12.9. The van der Waals surface area contributed by atoms with Crippen molar-refractivity contribution in [2.75, 3.05) is 10.0 Å². The molecular weight excluding hydrogens is 535 g/mol. The van der Waals surface area contributed by atoms with E-state index in [1.54, 1.807) is 25.1 Å². The van der Waals surface area contributed by atoms with Crippen LogP contribution in [0.5, 0.6) is 5.75 Å². The summed E-state index contributed by atoms with van der Waals surface area (Å²) in [5.41, 5.74) is 0.711. The molecule has 2 N–H and O–H groups in total. The van der Waals surface area contributed by atoms with Crippen molar-refractivity contribution in [2.24, 2.45) is 0 Å². The minimum absolute atomic E-state index is 0.0105. The van der Waals surface area contributed by atoms with Gasteiger partial charge in [-0.3, -0.25) is 9.52 Å². The highest BCUT2D eigenvalue weighted by atomic mass is 79.9. The van der Waals surface area contributed by atoms with Crippen molar-refractivity contribution in [1.29, 1.82) is 0 Å². The number of hydrogen-bond donors (Lipinski definition) is 2. The molecule has 174 valence electrons. The average molecular weight is 556 g/mol. The summed E-state index contributed by atoms with van der Waals surface area (Å²) in [6.07, 6.45) is -0.0105. The van der Waals surface area contributed by atoms with E-state index >= 15 is 0 Å². The van der Waals surface area contributed by atoms with E-state index in [1.807, 2.05) is 13.8 Å². The number of aryl methyl sites for hydroxylation is 1. The lowest BCUT2D eigenvalue weighted by molar-refractivity contribution is 0.102. The Morgan fingerprint density at radius 1 is 1.09 bits per heavy atom. The second-order valence-electron chi connectivity index (χ2n) is 7.48. The van der Waals surface area contributed by atoms with Gasteiger partial charge in [-0.05, 0) is 90.8 Å². The fraction of sp³-hybridized carbons (Fsp3) is 0.174. The Morgan fingerprint density at radius 2 is 1.82 bits per heavy atom. The molecule has 0 radical (unpaired) electrons. The first kappa shape index (κ1) is 25.0. The number of amides is 1. The molecule has 0 aliphatic heterocycles. The van der Waals surface area contributed by atoms with Gasteiger partial charge in [-0.2, -0.15) is 0 Å². The highest BCUT2D eigenvalue weighted by molar-refractivity contribution is 9.10. The third-order valence-corrected chi connectivity index (χ3v) is 6.83. The molecule has 1 amide bonds. The summed E-state index contributed by atoms with van der Waals surface area (Å²) in [5.74, 6) is -0.652. The number of ether oxygens (including phenoxy) is 1. The SMILES string of the molecule is Cc1ccc(C(=O)Nc2ccc(OC(C)C)c(Br)c2)cc1S(=O)(=O)Nc1cc(Cl)ccc1F. The number of rotatable bonds is 7. The van der Waals surface area contributed by atoms with Gasteiger partial charge in [0.05, 0.1) is 21.2 Å². The molecule has 6 nitrogen and oxygen atoms in total. The van der Waals surface area contributed by atoms with Gasteiger partial charge >= 0.3 is 0 Å². The molecule has 33 heavy (non-hydrogen) atoms. The highest BCUT2D eigenvalue weighted by Crippen LogP contribution is 2.30. The Morgan fingerprint density at radius 3 is 2.48 bits per heavy atom. The topological polar surface area (TPSA) is 84.5 Å². The zero-order valence-electron chi connectivity index (χ0n) is 17.9. The van der Waals surface area contributed by atoms with Crippen LogP contribution in [0.3, 0.4) is 0 Å². The molecule has 0 aliphatic carbocycles. The van der Waals surface area contributed by atoms with E-state index in [4.69, 9.17) is 16.3 Å². The molecule has 3 rings (SSSR count). The monoisotopic (exact) mass is 554 g/mol. The van der Waals surface area contributed by atoms with Crippen LogP contribution >= 0.6 is 27.5 Å². The molecule has 0 fully saturated rings. The van der Waals surface area contributed by atoms with E-state index in [1.165, 1.54) is 30.3 Å². The smallest absolute Gasteiger partial charge is 0.262 e. The third kappa shape index (κ3) is 6.25. The van der Waals surface area contributed by atoms with Gasteiger partial charge in [-0.1, -0.05) is 17.7 Å². The zero-order chi connectivity index (χ0) is 24.3. The van der Waals surface area contributed by atoms with E-state index in [0.29, 0.717) is 21.5 Å². The van der Waals surface area contributed by atoms with Crippen LogP contribution in [0.2, 0.25) is 5.02 Å². The third-order valence-electron chi connectivity index (χ3n) is 4.46. The molecule has 3 aromatic carbocycles. The molecule has 0 aromatic heterocycles. The second-order valence-corrected chi connectivity index (χ2v) is 10.4. The van der Waals surface area contributed by atoms with E-state index in [-0.39, 0.29) is 27.3 Å². The number of sulfonamides is 1. The first-order valence-corrected chi connectivity index (χ1v) is 12.5. The van der Waals surface area contributed by atoms with Gasteiger partial charge in [0.25, 0.3) is 15.9 Å². The van der Waals surface area contributed by atoms with Crippen molar-refractivity contribution in [1.82, 2.24) is 0 Å². The van der Waals surface area contributed by atoms with Gasteiger partial charge in [-0.25, -0.2) is 12.8 Å². The maximum absolute atomic E-state index is 14.0. The molecule has 0 saturated carbocycles. The van der Waals surface area contributed by atoms with Crippen LogP contribution in [0, 0.1) is 12.7 Å². The quantitative estimate of drug-likeness (QED) is 0.354. The lowest BCUT2D eigenvalue weighted by atomic mass is 10.1. The van der Waals surface area contributed by atoms with Crippen molar-refractivity contribution >= 4 is 54.8 Å². The van der Waals surface area contributed by atoms with Crippen molar-refractivity contribution in [2.45, 2.75) is 31.8 Å². The van der Waals surface area contributed by atoms with Gasteiger partial charge in [0.2, 0.25) is 0 Å². The summed E-state index contributed by atoms with van der Waals surface area (Å²) in [4.78, 5) is 12.6. The first-order valence-electron chi connectivity index (χ1n) is 9.82. The Kier molecular flexibility index (Phi) is 7.66. The van der Waals surface area contributed by atoms with E-state index < -0.39 is 21.7 Å². The summed E-state index contributed by atoms with van der Waals surface area (Å²) < 4.78 is 48.4. The number of carbonyl (C=O) groups is 1. The zero-order valence-corrected chi connectivity index (χ0v) is 21.1. The van der Waals surface area contributed by atoms with Gasteiger partial charge in [0.1, 0.15) is 11.6 Å². The summed E-state index contributed by atoms with van der Waals surface area (Å²) in [7, 11) is -4.19. The van der Waals surface area contributed by atoms with Crippen LogP contribution in [0.1, 0.15) is 29.8 Å². The Bertz CT molecular complexity index is 1320.